The van der Waals surface area contributed by atoms with Crippen LogP contribution < -0.4 is 10.2 Å². The van der Waals surface area contributed by atoms with Gasteiger partial charge in [-0.1, -0.05) is 43.7 Å². The Kier molecular flexibility index (Phi) is 6.07. The van der Waals surface area contributed by atoms with Crippen molar-refractivity contribution in [3.63, 3.8) is 0 Å². The van der Waals surface area contributed by atoms with Gasteiger partial charge in [-0.05, 0) is 56.4 Å². The molecule has 1 atom stereocenters. The second-order valence-electron chi connectivity index (χ2n) is 8.88. The number of anilines is 2. The lowest BCUT2D eigenvalue weighted by Gasteiger charge is -2.33. The van der Waals surface area contributed by atoms with Crippen molar-refractivity contribution in [1.29, 1.82) is 0 Å². The number of imidazole rings is 1. The fourth-order valence-electron chi connectivity index (χ4n) is 4.17. The van der Waals surface area contributed by atoms with Crippen LogP contribution in [0.4, 0.5) is 11.6 Å². The third kappa shape index (κ3) is 4.50. The normalized spacial score (nSPS) is 16.9. The highest BCUT2D eigenvalue weighted by atomic mass is 16.1. The highest BCUT2D eigenvalue weighted by Gasteiger charge is 2.28. The van der Waals surface area contributed by atoms with Gasteiger partial charge in [0.25, 0.3) is 0 Å². The first-order chi connectivity index (χ1) is 14.5. The first-order valence-corrected chi connectivity index (χ1v) is 11.1. The van der Waals surface area contributed by atoms with E-state index in [4.69, 9.17) is 4.98 Å². The Hall–Kier alpha value is -2.82. The molecule has 1 aliphatic rings. The fraction of sp³-hybridized carbons (Fsp3) is 0.440. The number of carbonyl (C=O) groups excluding carboxylic acids is 1. The molecule has 1 fully saturated rings. The maximum absolute atomic E-state index is 12.9. The van der Waals surface area contributed by atoms with Crippen molar-refractivity contribution in [3.8, 4) is 0 Å². The minimum Gasteiger partial charge on any atom is -0.341 e. The van der Waals surface area contributed by atoms with Crippen LogP contribution in [0.2, 0.25) is 0 Å². The Morgan fingerprint density at radius 2 is 1.93 bits per heavy atom. The number of fused-ring (bicyclic) bond motifs is 1. The number of aromatic nitrogens is 2. The van der Waals surface area contributed by atoms with E-state index in [2.05, 4.69) is 53.8 Å². The summed E-state index contributed by atoms with van der Waals surface area (Å²) in [5.41, 5.74) is 4.27. The summed E-state index contributed by atoms with van der Waals surface area (Å²) in [7, 11) is 0. The zero-order valence-corrected chi connectivity index (χ0v) is 18.3. The molecule has 0 bridgehead atoms. The fourth-order valence-corrected chi connectivity index (χ4v) is 4.17. The SMILES string of the molecule is Cc1ccc(NC(=O)[C@H]2CCCN(c3nc4ccccc4n3CCC(C)C)C2)cc1. The predicted octanol–water partition coefficient (Wildman–Crippen LogP) is 5.25. The predicted molar refractivity (Wildman–Crippen MR) is 124 cm³/mol. The van der Waals surface area contributed by atoms with Crippen molar-refractivity contribution in [2.45, 2.75) is 46.6 Å². The van der Waals surface area contributed by atoms with Gasteiger partial charge in [0.05, 0.1) is 17.0 Å². The molecule has 1 amide bonds. The van der Waals surface area contributed by atoms with Gasteiger partial charge in [-0.3, -0.25) is 4.79 Å². The molecule has 1 aliphatic heterocycles. The zero-order valence-electron chi connectivity index (χ0n) is 18.3. The molecule has 4 rings (SSSR count). The number of carbonyl (C=O) groups is 1. The molecule has 1 saturated heterocycles. The van der Waals surface area contributed by atoms with E-state index in [-0.39, 0.29) is 11.8 Å². The van der Waals surface area contributed by atoms with Crippen LogP contribution in [-0.4, -0.2) is 28.5 Å². The molecule has 158 valence electrons. The summed E-state index contributed by atoms with van der Waals surface area (Å²) in [6.45, 7) is 9.17. The van der Waals surface area contributed by atoms with E-state index in [0.29, 0.717) is 12.5 Å². The number of aryl methyl sites for hydroxylation is 2. The molecule has 30 heavy (non-hydrogen) atoms. The van der Waals surface area contributed by atoms with Gasteiger partial charge in [-0.15, -0.1) is 0 Å². The van der Waals surface area contributed by atoms with E-state index < -0.39 is 0 Å². The van der Waals surface area contributed by atoms with Crippen LogP contribution in [0, 0.1) is 18.8 Å². The minimum atomic E-state index is -0.0292. The number of hydrogen-bond donors (Lipinski definition) is 1. The van der Waals surface area contributed by atoms with E-state index >= 15 is 0 Å². The average Bonchev–Trinajstić information content (AvgIpc) is 3.12. The molecule has 5 nitrogen and oxygen atoms in total. The van der Waals surface area contributed by atoms with Gasteiger partial charge in [0.1, 0.15) is 0 Å². The van der Waals surface area contributed by atoms with Crippen LogP contribution in [0.25, 0.3) is 11.0 Å². The Morgan fingerprint density at radius 3 is 2.70 bits per heavy atom. The lowest BCUT2D eigenvalue weighted by atomic mass is 9.97. The molecule has 5 heteroatoms. The van der Waals surface area contributed by atoms with E-state index in [1.54, 1.807) is 0 Å². The summed E-state index contributed by atoms with van der Waals surface area (Å²) in [5, 5.41) is 3.10. The van der Waals surface area contributed by atoms with Crippen LogP contribution in [0.1, 0.15) is 38.7 Å². The Bertz CT molecular complexity index is 1010. The molecule has 0 saturated carbocycles. The number of amides is 1. The summed E-state index contributed by atoms with van der Waals surface area (Å²) in [4.78, 5) is 20.2. The van der Waals surface area contributed by atoms with Gasteiger partial charge >= 0.3 is 0 Å². The zero-order chi connectivity index (χ0) is 21.1. The van der Waals surface area contributed by atoms with Gasteiger partial charge in [-0.2, -0.15) is 0 Å². The molecule has 2 aromatic carbocycles. The standard InChI is InChI=1S/C25H32N4O/c1-18(2)14-16-29-23-9-5-4-8-22(23)27-25(29)28-15-6-7-20(17-28)24(30)26-21-12-10-19(3)11-13-21/h4-5,8-13,18,20H,6-7,14-17H2,1-3H3,(H,26,30)/t20-/m0/s1. The second-order valence-corrected chi connectivity index (χ2v) is 8.88. The molecular formula is C25H32N4O. The van der Waals surface area contributed by atoms with Crippen LogP contribution in [0.15, 0.2) is 48.5 Å². The highest BCUT2D eigenvalue weighted by molar-refractivity contribution is 5.93. The third-order valence-corrected chi connectivity index (χ3v) is 5.96. The van der Waals surface area contributed by atoms with Crippen molar-refractivity contribution < 1.29 is 4.79 Å². The average molecular weight is 405 g/mol. The van der Waals surface area contributed by atoms with E-state index in [9.17, 15) is 4.79 Å². The quantitative estimate of drug-likeness (QED) is 0.611. The summed E-state index contributed by atoms with van der Waals surface area (Å²) < 4.78 is 2.34. The number of nitrogens with one attached hydrogen (secondary N) is 1. The smallest absolute Gasteiger partial charge is 0.229 e. The molecule has 0 spiro atoms. The van der Waals surface area contributed by atoms with E-state index in [1.807, 2.05) is 30.3 Å². The molecular weight excluding hydrogens is 372 g/mol. The van der Waals surface area contributed by atoms with Crippen molar-refractivity contribution in [3.05, 3.63) is 54.1 Å². The lowest BCUT2D eigenvalue weighted by Crippen LogP contribution is -2.42. The van der Waals surface area contributed by atoms with Gasteiger partial charge in [-0.25, -0.2) is 4.98 Å². The summed E-state index contributed by atoms with van der Waals surface area (Å²) in [6.07, 6.45) is 3.03. The molecule has 2 heterocycles. The van der Waals surface area contributed by atoms with Crippen LogP contribution >= 0.6 is 0 Å². The molecule has 0 unspecified atom stereocenters. The van der Waals surface area contributed by atoms with Crippen molar-refractivity contribution in [1.82, 2.24) is 9.55 Å². The number of rotatable bonds is 6. The maximum Gasteiger partial charge on any atom is 0.229 e. The van der Waals surface area contributed by atoms with Gasteiger partial charge in [0, 0.05) is 25.3 Å². The monoisotopic (exact) mass is 404 g/mol. The van der Waals surface area contributed by atoms with Gasteiger partial charge in [0.2, 0.25) is 11.9 Å². The number of para-hydroxylation sites is 2. The first-order valence-electron chi connectivity index (χ1n) is 11.1. The topological polar surface area (TPSA) is 50.2 Å². The number of hydrogen-bond acceptors (Lipinski definition) is 3. The molecule has 3 aromatic rings. The van der Waals surface area contributed by atoms with E-state index in [0.717, 1.165) is 49.5 Å². The minimum absolute atomic E-state index is 0.0292. The summed E-state index contributed by atoms with van der Waals surface area (Å²) in [5.74, 6) is 1.71. The molecule has 1 aromatic heterocycles. The lowest BCUT2D eigenvalue weighted by molar-refractivity contribution is -0.120. The Labute approximate surface area is 179 Å². The molecule has 1 N–H and O–H groups in total. The number of nitrogens with zero attached hydrogens (tertiary/aromatic N) is 3. The van der Waals surface area contributed by atoms with Gasteiger partial charge in [0.15, 0.2) is 0 Å². The molecule has 0 radical (unpaired) electrons. The largest absolute Gasteiger partial charge is 0.341 e. The third-order valence-electron chi connectivity index (χ3n) is 5.96. The maximum atomic E-state index is 12.9. The van der Waals surface area contributed by atoms with Crippen molar-refractivity contribution in [2.75, 3.05) is 23.3 Å². The number of benzene rings is 2. The summed E-state index contributed by atoms with van der Waals surface area (Å²) in [6, 6.07) is 16.3. The van der Waals surface area contributed by atoms with Gasteiger partial charge < -0.3 is 14.8 Å². The molecule has 0 aliphatic carbocycles. The van der Waals surface area contributed by atoms with Crippen LogP contribution in [-0.2, 0) is 11.3 Å². The number of piperidine rings is 1. The van der Waals surface area contributed by atoms with Crippen LogP contribution in [0.5, 0.6) is 0 Å². The van der Waals surface area contributed by atoms with E-state index in [1.165, 1.54) is 11.1 Å². The highest BCUT2D eigenvalue weighted by Crippen LogP contribution is 2.28. The second kappa shape index (κ2) is 8.90. The van der Waals surface area contributed by atoms with Crippen molar-refractivity contribution in [2.24, 2.45) is 11.8 Å². The first kappa shape index (κ1) is 20.5. The Morgan fingerprint density at radius 1 is 1.17 bits per heavy atom. The van der Waals surface area contributed by atoms with Crippen LogP contribution in [0.3, 0.4) is 0 Å². The van der Waals surface area contributed by atoms with Crippen molar-refractivity contribution >= 4 is 28.6 Å². The Balaban J connectivity index is 1.53. The summed E-state index contributed by atoms with van der Waals surface area (Å²) >= 11 is 0.